The summed E-state index contributed by atoms with van der Waals surface area (Å²) >= 11 is 0. The first-order chi connectivity index (χ1) is 13.1. The summed E-state index contributed by atoms with van der Waals surface area (Å²) in [6, 6.07) is 15.8. The highest BCUT2D eigenvalue weighted by atomic mass is 16.5. The van der Waals surface area contributed by atoms with E-state index in [0.717, 1.165) is 5.69 Å². The smallest absolute Gasteiger partial charge is 0.336 e. The molecule has 1 aliphatic rings. The highest BCUT2D eigenvalue weighted by Gasteiger charge is 2.30. The Labute approximate surface area is 154 Å². The van der Waals surface area contributed by atoms with Gasteiger partial charge in [-0.25, -0.2) is 9.79 Å². The molecule has 1 unspecified atom stereocenters. The summed E-state index contributed by atoms with van der Waals surface area (Å²) in [7, 11) is 1.59. The maximum Gasteiger partial charge on any atom is 0.336 e. The Hall–Kier alpha value is -3.74. The molecule has 1 atom stereocenters. The minimum atomic E-state index is -1.03. The lowest BCUT2D eigenvalue weighted by atomic mass is 10.0. The van der Waals surface area contributed by atoms with Crippen molar-refractivity contribution >= 4 is 17.5 Å². The van der Waals surface area contributed by atoms with Crippen LogP contribution in [0.2, 0.25) is 0 Å². The molecule has 0 fully saturated rings. The van der Waals surface area contributed by atoms with E-state index in [-0.39, 0.29) is 5.56 Å². The largest absolute Gasteiger partial charge is 0.497 e. The quantitative estimate of drug-likeness (QED) is 0.734. The van der Waals surface area contributed by atoms with Gasteiger partial charge in [0.2, 0.25) is 5.55 Å². The van der Waals surface area contributed by atoms with Gasteiger partial charge in [0.05, 0.1) is 24.2 Å². The molecular formula is C20H17N3O4. The number of fused-ring (bicyclic) bond motifs is 1. The van der Waals surface area contributed by atoms with Gasteiger partial charge < -0.3 is 24.9 Å². The van der Waals surface area contributed by atoms with Crippen molar-refractivity contribution in [2.45, 2.75) is 6.17 Å². The number of nitrogens with zero attached hydrogens (tertiary/aromatic N) is 2. The number of methoxy groups -OCH3 is 1. The van der Waals surface area contributed by atoms with Gasteiger partial charge >= 0.3 is 5.97 Å². The van der Waals surface area contributed by atoms with Gasteiger partial charge in [0, 0.05) is 11.3 Å². The molecule has 4 rings (SSSR count). The molecule has 7 heteroatoms. The number of carboxylic acid groups (broad SMARTS) is 1. The summed E-state index contributed by atoms with van der Waals surface area (Å²) in [4.78, 5) is 18.2. The van der Waals surface area contributed by atoms with E-state index < -0.39 is 12.1 Å². The molecule has 2 aromatic carbocycles. The Morgan fingerprint density at radius 3 is 2.63 bits per heavy atom. The number of furan rings is 1. The highest BCUT2D eigenvalue weighted by molar-refractivity contribution is 5.90. The second-order valence-electron chi connectivity index (χ2n) is 5.99. The van der Waals surface area contributed by atoms with E-state index >= 15 is 0 Å². The van der Waals surface area contributed by atoms with E-state index in [1.807, 2.05) is 24.3 Å². The van der Waals surface area contributed by atoms with Crippen molar-refractivity contribution in [2.24, 2.45) is 10.7 Å². The van der Waals surface area contributed by atoms with Crippen LogP contribution in [0.15, 0.2) is 70.3 Å². The number of hydrogen-bond acceptors (Lipinski definition) is 6. The van der Waals surface area contributed by atoms with Crippen LogP contribution in [-0.4, -0.2) is 18.2 Å². The number of aromatic carboxylic acids is 1. The molecule has 0 saturated carbocycles. The van der Waals surface area contributed by atoms with Crippen LogP contribution in [0.3, 0.4) is 0 Å². The van der Waals surface area contributed by atoms with Crippen molar-refractivity contribution in [2.75, 3.05) is 12.0 Å². The van der Waals surface area contributed by atoms with Gasteiger partial charge in [-0.3, -0.25) is 0 Å². The molecule has 3 N–H and O–H groups in total. The number of carboxylic acids is 1. The van der Waals surface area contributed by atoms with Crippen molar-refractivity contribution in [1.82, 2.24) is 0 Å². The van der Waals surface area contributed by atoms with Gasteiger partial charge in [0.25, 0.3) is 0 Å². The van der Waals surface area contributed by atoms with Crippen LogP contribution in [0.1, 0.15) is 22.1 Å². The molecule has 0 spiro atoms. The van der Waals surface area contributed by atoms with Crippen molar-refractivity contribution in [3.8, 4) is 5.75 Å². The predicted octanol–water partition coefficient (Wildman–Crippen LogP) is 1.85. The van der Waals surface area contributed by atoms with Crippen molar-refractivity contribution in [3.63, 3.8) is 0 Å². The molecule has 0 radical (unpaired) electrons. The standard InChI is InChI=1S/C20H17N3O4/c1-26-13-8-6-12(7-9-13)23-17(21)16-10-11-27-19(16)22-18(23)14-4-2-3-5-15(14)20(24)25/h2-11,18H,21H2,1H3,(H,24,25). The predicted molar refractivity (Wildman–Crippen MR) is 98.7 cm³/mol. The van der Waals surface area contributed by atoms with Crippen molar-refractivity contribution < 1.29 is 19.1 Å². The zero-order chi connectivity index (χ0) is 19.0. The summed E-state index contributed by atoms with van der Waals surface area (Å²) < 4.78 is 10.7. The maximum absolute atomic E-state index is 11.7. The molecule has 0 bridgehead atoms. The zero-order valence-corrected chi connectivity index (χ0v) is 14.5. The van der Waals surface area contributed by atoms with E-state index in [1.165, 1.54) is 6.26 Å². The van der Waals surface area contributed by atoms with Crippen molar-refractivity contribution in [1.29, 1.82) is 0 Å². The molecule has 7 nitrogen and oxygen atoms in total. The lowest BCUT2D eigenvalue weighted by Crippen LogP contribution is -2.44. The van der Waals surface area contributed by atoms with Crippen LogP contribution in [0.25, 0.3) is 5.82 Å². The van der Waals surface area contributed by atoms with Gasteiger partial charge in [-0.2, -0.15) is 0 Å². The average molecular weight is 363 g/mol. The third kappa shape index (κ3) is 2.79. The van der Waals surface area contributed by atoms with Gasteiger partial charge in [-0.15, -0.1) is 0 Å². The number of rotatable bonds is 4. The van der Waals surface area contributed by atoms with E-state index in [1.54, 1.807) is 42.3 Å². The topological polar surface area (TPSA) is 101 Å². The van der Waals surface area contributed by atoms with Crippen LogP contribution in [0.5, 0.6) is 5.75 Å². The SMILES string of the molecule is COc1ccc(N2C(N)=c3ccoc3=NC2c2ccccc2C(=O)O)cc1. The Bertz CT molecular complexity index is 1120. The van der Waals surface area contributed by atoms with E-state index in [4.69, 9.17) is 14.9 Å². The van der Waals surface area contributed by atoms with Gasteiger partial charge in [0.15, 0.2) is 6.17 Å². The minimum Gasteiger partial charge on any atom is -0.497 e. The fraction of sp³-hybridized carbons (Fsp3) is 0.100. The van der Waals surface area contributed by atoms with E-state index in [9.17, 15) is 9.90 Å². The number of carbonyl (C=O) groups is 1. The zero-order valence-electron chi connectivity index (χ0n) is 14.5. The molecular weight excluding hydrogens is 346 g/mol. The third-order valence-electron chi connectivity index (χ3n) is 4.48. The van der Waals surface area contributed by atoms with Gasteiger partial charge in [0.1, 0.15) is 11.6 Å². The number of ether oxygens (including phenoxy) is 1. The molecule has 1 aromatic heterocycles. The first-order valence-corrected chi connectivity index (χ1v) is 8.27. The molecule has 27 heavy (non-hydrogen) atoms. The summed E-state index contributed by atoms with van der Waals surface area (Å²) in [5.41, 5.74) is 8.25. The van der Waals surface area contributed by atoms with Gasteiger partial charge in [-0.05, 0) is 36.4 Å². The van der Waals surface area contributed by atoms with Gasteiger partial charge in [-0.1, -0.05) is 18.2 Å². The molecule has 2 heterocycles. The summed E-state index contributed by atoms with van der Waals surface area (Å²) in [5.74, 6) is 0.112. The average Bonchev–Trinajstić information content (AvgIpc) is 3.17. The molecule has 1 aliphatic heterocycles. The monoisotopic (exact) mass is 363 g/mol. The number of anilines is 1. The third-order valence-corrected chi connectivity index (χ3v) is 4.48. The second-order valence-corrected chi connectivity index (χ2v) is 5.99. The van der Waals surface area contributed by atoms with Crippen LogP contribution in [0, 0.1) is 0 Å². The summed E-state index contributed by atoms with van der Waals surface area (Å²) in [6.07, 6.45) is 0.836. The second kappa shape index (κ2) is 6.53. The molecule has 0 amide bonds. The first-order valence-electron chi connectivity index (χ1n) is 8.27. The Morgan fingerprint density at radius 2 is 1.93 bits per heavy atom. The normalized spacial score (nSPS) is 15.8. The lowest BCUT2D eigenvalue weighted by Gasteiger charge is -2.33. The Morgan fingerprint density at radius 1 is 1.19 bits per heavy atom. The highest BCUT2D eigenvalue weighted by Crippen LogP contribution is 2.34. The number of nitrogens with two attached hydrogens (primary N) is 1. The van der Waals surface area contributed by atoms with E-state index in [2.05, 4.69) is 4.99 Å². The molecule has 3 aromatic rings. The number of benzene rings is 2. The Kier molecular flexibility index (Phi) is 4.04. The molecule has 0 saturated heterocycles. The fourth-order valence-corrected chi connectivity index (χ4v) is 3.18. The maximum atomic E-state index is 11.7. The van der Waals surface area contributed by atoms with Crippen molar-refractivity contribution in [3.05, 3.63) is 82.8 Å². The summed E-state index contributed by atoms with van der Waals surface area (Å²) in [6.45, 7) is 0. The fourth-order valence-electron chi connectivity index (χ4n) is 3.18. The molecule has 136 valence electrons. The first kappa shape index (κ1) is 16.7. The van der Waals surface area contributed by atoms with Crippen LogP contribution >= 0.6 is 0 Å². The summed E-state index contributed by atoms with van der Waals surface area (Å²) in [5, 5.41) is 10.3. The number of hydrogen-bond donors (Lipinski definition) is 2. The lowest BCUT2D eigenvalue weighted by molar-refractivity contribution is 0.0695. The van der Waals surface area contributed by atoms with Crippen LogP contribution in [0.4, 0.5) is 5.69 Å². The van der Waals surface area contributed by atoms with Crippen LogP contribution < -0.4 is 26.1 Å². The Balaban J connectivity index is 1.94. The van der Waals surface area contributed by atoms with Crippen LogP contribution in [-0.2, 0) is 0 Å². The molecule has 0 aliphatic carbocycles. The van der Waals surface area contributed by atoms with E-state index in [0.29, 0.717) is 27.9 Å². The minimum absolute atomic E-state index is 0.160.